The van der Waals surface area contributed by atoms with Gasteiger partial charge in [-0.2, -0.15) is 0 Å². The van der Waals surface area contributed by atoms with Crippen molar-refractivity contribution in [1.82, 2.24) is 9.80 Å². The van der Waals surface area contributed by atoms with Crippen molar-refractivity contribution < 1.29 is 0 Å². The zero-order chi connectivity index (χ0) is 12.3. The summed E-state index contributed by atoms with van der Waals surface area (Å²) in [6, 6.07) is 1.48. The molecule has 1 atom stereocenters. The Morgan fingerprint density at radius 3 is 2.12 bits per heavy atom. The fourth-order valence-corrected chi connectivity index (χ4v) is 3.55. The van der Waals surface area contributed by atoms with Crippen molar-refractivity contribution in [2.45, 2.75) is 51.6 Å². The summed E-state index contributed by atoms with van der Waals surface area (Å²) in [5.74, 6) is 0.679. The smallest absolute Gasteiger partial charge is 0.0242 e. The number of piperazine rings is 1. The fourth-order valence-electron chi connectivity index (χ4n) is 3.55. The molecule has 0 radical (unpaired) electrons. The maximum Gasteiger partial charge on any atom is 0.0242 e. The zero-order valence-corrected chi connectivity index (χ0v) is 11.6. The van der Waals surface area contributed by atoms with E-state index in [9.17, 15) is 0 Å². The first kappa shape index (κ1) is 13.3. The molecule has 0 bridgehead atoms. The average Bonchev–Trinajstić information content (AvgIpc) is 2.84. The second-order valence-corrected chi connectivity index (χ2v) is 6.06. The van der Waals surface area contributed by atoms with Gasteiger partial charge in [-0.05, 0) is 18.8 Å². The maximum absolute atomic E-state index is 5.91. The first-order valence-corrected chi connectivity index (χ1v) is 7.40. The molecule has 100 valence electrons. The monoisotopic (exact) mass is 239 g/mol. The molecule has 0 aromatic rings. The van der Waals surface area contributed by atoms with Gasteiger partial charge in [-0.15, -0.1) is 0 Å². The minimum Gasteiger partial charge on any atom is -0.329 e. The highest BCUT2D eigenvalue weighted by Gasteiger charge is 2.29. The Bertz CT molecular complexity index is 216. The van der Waals surface area contributed by atoms with E-state index in [0.717, 1.165) is 12.6 Å². The van der Waals surface area contributed by atoms with Crippen molar-refractivity contribution >= 4 is 0 Å². The molecule has 0 aromatic carbocycles. The molecule has 17 heavy (non-hydrogen) atoms. The van der Waals surface area contributed by atoms with Crippen LogP contribution in [0.4, 0.5) is 0 Å². The lowest BCUT2D eigenvalue weighted by atomic mass is 10.0. The van der Waals surface area contributed by atoms with Crippen LogP contribution in [0.1, 0.15) is 39.5 Å². The van der Waals surface area contributed by atoms with Crippen LogP contribution < -0.4 is 5.73 Å². The molecule has 1 aliphatic heterocycles. The molecule has 1 aliphatic carbocycles. The van der Waals surface area contributed by atoms with Gasteiger partial charge in [0.2, 0.25) is 0 Å². The molecule has 1 unspecified atom stereocenters. The van der Waals surface area contributed by atoms with Gasteiger partial charge in [-0.3, -0.25) is 9.80 Å². The van der Waals surface area contributed by atoms with Crippen molar-refractivity contribution in [2.75, 3.05) is 32.7 Å². The Hall–Kier alpha value is -0.120. The third-order valence-corrected chi connectivity index (χ3v) is 4.67. The van der Waals surface area contributed by atoms with Crippen LogP contribution in [0.15, 0.2) is 0 Å². The normalized spacial score (nSPS) is 26.8. The fraction of sp³-hybridized carbons (Fsp3) is 1.00. The van der Waals surface area contributed by atoms with Gasteiger partial charge in [0, 0.05) is 44.8 Å². The summed E-state index contributed by atoms with van der Waals surface area (Å²) < 4.78 is 0. The Morgan fingerprint density at radius 2 is 1.65 bits per heavy atom. The average molecular weight is 239 g/mol. The van der Waals surface area contributed by atoms with Crippen molar-refractivity contribution in [3.05, 3.63) is 0 Å². The third-order valence-electron chi connectivity index (χ3n) is 4.67. The van der Waals surface area contributed by atoms with E-state index in [4.69, 9.17) is 5.73 Å². The number of hydrogen-bond donors (Lipinski definition) is 1. The molecule has 2 aliphatic rings. The minimum atomic E-state index is 0.584. The van der Waals surface area contributed by atoms with Crippen LogP contribution in [0.3, 0.4) is 0 Å². The molecular weight excluding hydrogens is 210 g/mol. The molecule has 0 amide bonds. The second-order valence-electron chi connectivity index (χ2n) is 6.06. The molecule has 1 heterocycles. The molecule has 2 fully saturated rings. The van der Waals surface area contributed by atoms with Gasteiger partial charge in [-0.1, -0.05) is 26.7 Å². The summed E-state index contributed by atoms with van der Waals surface area (Å²) in [4.78, 5) is 5.33. The molecule has 0 spiro atoms. The van der Waals surface area contributed by atoms with Gasteiger partial charge >= 0.3 is 0 Å². The van der Waals surface area contributed by atoms with E-state index < -0.39 is 0 Å². The Kier molecular flexibility index (Phi) is 4.83. The van der Waals surface area contributed by atoms with Gasteiger partial charge in [0.1, 0.15) is 0 Å². The lowest BCUT2D eigenvalue weighted by Crippen LogP contribution is -2.55. The Balaban J connectivity index is 1.80. The van der Waals surface area contributed by atoms with E-state index in [-0.39, 0.29) is 0 Å². The molecule has 3 nitrogen and oxygen atoms in total. The van der Waals surface area contributed by atoms with Crippen LogP contribution in [0.5, 0.6) is 0 Å². The van der Waals surface area contributed by atoms with Crippen LogP contribution in [0.2, 0.25) is 0 Å². The van der Waals surface area contributed by atoms with Crippen LogP contribution in [-0.4, -0.2) is 54.6 Å². The van der Waals surface area contributed by atoms with E-state index in [1.54, 1.807) is 0 Å². The van der Waals surface area contributed by atoms with Crippen molar-refractivity contribution in [3.8, 4) is 0 Å². The predicted molar refractivity (Wildman–Crippen MR) is 73.1 cm³/mol. The van der Waals surface area contributed by atoms with Gasteiger partial charge in [0.15, 0.2) is 0 Å². The SMILES string of the molecule is CC(C)C(CN)N1CCN(C2CCCC2)CC1. The second kappa shape index (κ2) is 6.17. The standard InChI is InChI=1S/C14H29N3/c1-12(2)14(11-15)17-9-7-16(8-10-17)13-5-3-4-6-13/h12-14H,3-11,15H2,1-2H3. The summed E-state index contributed by atoms with van der Waals surface area (Å²) in [5, 5.41) is 0. The van der Waals surface area contributed by atoms with Crippen LogP contribution in [0.25, 0.3) is 0 Å². The molecule has 1 saturated heterocycles. The number of nitrogens with zero attached hydrogens (tertiary/aromatic N) is 2. The predicted octanol–water partition coefficient (Wildman–Crippen LogP) is 1.53. The van der Waals surface area contributed by atoms with E-state index in [0.29, 0.717) is 12.0 Å². The minimum absolute atomic E-state index is 0.584. The van der Waals surface area contributed by atoms with Crippen LogP contribution >= 0.6 is 0 Å². The highest BCUT2D eigenvalue weighted by Crippen LogP contribution is 2.25. The molecule has 1 saturated carbocycles. The molecule has 2 N–H and O–H groups in total. The largest absolute Gasteiger partial charge is 0.329 e. The van der Waals surface area contributed by atoms with E-state index in [1.807, 2.05) is 0 Å². The van der Waals surface area contributed by atoms with Gasteiger partial charge < -0.3 is 5.73 Å². The zero-order valence-electron chi connectivity index (χ0n) is 11.6. The van der Waals surface area contributed by atoms with E-state index in [1.165, 1.54) is 51.9 Å². The van der Waals surface area contributed by atoms with Gasteiger partial charge in [0.05, 0.1) is 0 Å². The third kappa shape index (κ3) is 3.21. The Morgan fingerprint density at radius 1 is 1.06 bits per heavy atom. The molecule has 2 rings (SSSR count). The lowest BCUT2D eigenvalue weighted by molar-refractivity contribution is 0.0583. The summed E-state index contributed by atoms with van der Waals surface area (Å²) in [5.41, 5.74) is 5.91. The number of nitrogens with two attached hydrogens (primary N) is 1. The Labute approximate surface area is 106 Å². The highest BCUT2D eigenvalue weighted by molar-refractivity contribution is 4.85. The number of hydrogen-bond acceptors (Lipinski definition) is 3. The first-order chi connectivity index (χ1) is 8.22. The van der Waals surface area contributed by atoms with E-state index >= 15 is 0 Å². The first-order valence-electron chi connectivity index (χ1n) is 7.40. The van der Waals surface area contributed by atoms with E-state index in [2.05, 4.69) is 23.6 Å². The number of rotatable bonds is 4. The van der Waals surface area contributed by atoms with Gasteiger partial charge in [0.25, 0.3) is 0 Å². The molecule has 3 heteroatoms. The molecule has 0 aromatic heterocycles. The lowest BCUT2D eigenvalue weighted by Gasteiger charge is -2.42. The van der Waals surface area contributed by atoms with Crippen molar-refractivity contribution in [1.29, 1.82) is 0 Å². The summed E-state index contributed by atoms with van der Waals surface area (Å²) in [7, 11) is 0. The van der Waals surface area contributed by atoms with Crippen LogP contribution in [-0.2, 0) is 0 Å². The summed E-state index contributed by atoms with van der Waals surface area (Å²) in [6.45, 7) is 10.3. The highest BCUT2D eigenvalue weighted by atomic mass is 15.3. The summed E-state index contributed by atoms with van der Waals surface area (Å²) >= 11 is 0. The van der Waals surface area contributed by atoms with Crippen molar-refractivity contribution in [2.24, 2.45) is 11.7 Å². The maximum atomic E-state index is 5.91. The van der Waals surface area contributed by atoms with Crippen LogP contribution in [0, 0.1) is 5.92 Å². The summed E-state index contributed by atoms with van der Waals surface area (Å²) in [6.07, 6.45) is 5.76. The topological polar surface area (TPSA) is 32.5 Å². The quantitative estimate of drug-likeness (QED) is 0.807. The van der Waals surface area contributed by atoms with Gasteiger partial charge in [-0.25, -0.2) is 0 Å². The van der Waals surface area contributed by atoms with Crippen molar-refractivity contribution in [3.63, 3.8) is 0 Å². The molecular formula is C14H29N3.